The van der Waals surface area contributed by atoms with Crippen molar-refractivity contribution in [2.24, 2.45) is 0 Å². The minimum atomic E-state index is 0. The van der Waals surface area contributed by atoms with Crippen molar-refractivity contribution in [3.8, 4) is 0 Å². The molecule has 0 aliphatic heterocycles. The molecule has 0 N–H and O–H groups in total. The molecule has 1 radical (unpaired) electrons. The van der Waals surface area contributed by atoms with Crippen LogP contribution in [0, 0.1) is 0 Å². The first-order valence-electron chi connectivity index (χ1n) is 2.41. The third kappa shape index (κ3) is 8.82. The van der Waals surface area contributed by atoms with Crippen molar-refractivity contribution in [2.45, 2.75) is 33.1 Å². The van der Waals surface area contributed by atoms with Crippen molar-refractivity contribution in [1.29, 1.82) is 0 Å². The van der Waals surface area contributed by atoms with E-state index in [9.17, 15) is 0 Å². The topological polar surface area (TPSA) is 0 Å². The average Bonchev–Trinajstić information content (AvgIpc) is 1.41. The van der Waals surface area contributed by atoms with Crippen LogP contribution in [0.3, 0.4) is 0 Å². The molecular weight excluding hydrogens is 67.0 g/mol. The van der Waals surface area contributed by atoms with Crippen LogP contribution in [-0.2, 0) is 0 Å². The first kappa shape index (κ1) is 9.78. The molecule has 0 fully saturated rings. The maximum absolute atomic E-state index is 2.21. The van der Waals surface area contributed by atoms with E-state index in [0.717, 1.165) is 0 Å². The number of hydrogen-bond donors (Lipinski definition) is 0. The van der Waals surface area contributed by atoms with E-state index < -0.39 is 0 Å². The van der Waals surface area contributed by atoms with E-state index in [1.54, 1.807) is 0 Å². The Labute approximate surface area is 52.5 Å². The van der Waals surface area contributed by atoms with E-state index in [-0.39, 0.29) is 18.9 Å². The molecule has 0 spiro atoms. The van der Waals surface area contributed by atoms with Crippen LogP contribution >= 0.6 is 0 Å². The van der Waals surface area contributed by atoms with Gasteiger partial charge in [-0.1, -0.05) is 33.1 Å². The van der Waals surface area contributed by atoms with Gasteiger partial charge in [0, 0.05) is 18.9 Å². The van der Waals surface area contributed by atoms with E-state index in [1.165, 1.54) is 19.3 Å². The molecule has 0 atom stereocenters. The zero-order valence-electron chi connectivity index (χ0n) is 5.12. The summed E-state index contributed by atoms with van der Waals surface area (Å²) >= 11 is 0. The van der Waals surface area contributed by atoms with Crippen molar-refractivity contribution < 1.29 is 0 Å². The molecule has 0 aromatic rings. The second-order valence-corrected chi connectivity index (χ2v) is 1.35. The third-order valence-electron chi connectivity index (χ3n) is 0.707. The summed E-state index contributed by atoms with van der Waals surface area (Å²) in [7, 11) is 0. The summed E-state index contributed by atoms with van der Waals surface area (Å²) in [5.74, 6) is 0. The SMILES string of the molecule is CCCCC.[Li]. The largest absolute Gasteiger partial charge is 0.0654 e. The maximum Gasteiger partial charge on any atom is 0 e. The van der Waals surface area contributed by atoms with Gasteiger partial charge >= 0.3 is 0 Å². The van der Waals surface area contributed by atoms with E-state index in [0.29, 0.717) is 0 Å². The second kappa shape index (κ2) is 9.14. The van der Waals surface area contributed by atoms with Crippen LogP contribution in [0.5, 0.6) is 0 Å². The Morgan fingerprint density at radius 2 is 1.33 bits per heavy atom. The molecule has 0 amide bonds. The fourth-order valence-electron chi connectivity index (χ4n) is 0.354. The molecule has 0 aliphatic rings. The molecule has 0 unspecified atom stereocenters. The molecule has 0 aromatic heterocycles. The monoisotopic (exact) mass is 79.1 g/mol. The van der Waals surface area contributed by atoms with Crippen LogP contribution in [0.15, 0.2) is 0 Å². The van der Waals surface area contributed by atoms with Crippen LogP contribution in [-0.4, -0.2) is 18.9 Å². The first-order valence-corrected chi connectivity index (χ1v) is 2.41. The van der Waals surface area contributed by atoms with Gasteiger partial charge < -0.3 is 0 Å². The summed E-state index contributed by atoms with van der Waals surface area (Å²) in [6, 6.07) is 0. The Morgan fingerprint density at radius 1 is 1.00 bits per heavy atom. The van der Waals surface area contributed by atoms with Crippen LogP contribution in [0.2, 0.25) is 0 Å². The fourth-order valence-corrected chi connectivity index (χ4v) is 0.354. The summed E-state index contributed by atoms with van der Waals surface area (Å²) < 4.78 is 0. The molecule has 6 heavy (non-hydrogen) atoms. The Hall–Kier alpha value is 0.597. The van der Waals surface area contributed by atoms with Gasteiger partial charge in [0.05, 0.1) is 0 Å². The average molecular weight is 79.1 g/mol. The summed E-state index contributed by atoms with van der Waals surface area (Å²) in [5, 5.41) is 0. The van der Waals surface area contributed by atoms with E-state index in [2.05, 4.69) is 13.8 Å². The molecule has 0 aliphatic carbocycles. The predicted octanol–water partition coefficient (Wildman–Crippen LogP) is 1.82. The normalized spacial score (nSPS) is 7.00. The molecule has 0 saturated carbocycles. The molecule has 0 rings (SSSR count). The Kier molecular flexibility index (Phi) is 14.9. The van der Waals surface area contributed by atoms with Crippen LogP contribution in [0.25, 0.3) is 0 Å². The van der Waals surface area contributed by atoms with Crippen molar-refractivity contribution in [3.63, 3.8) is 0 Å². The van der Waals surface area contributed by atoms with Gasteiger partial charge in [-0.05, 0) is 0 Å². The van der Waals surface area contributed by atoms with Gasteiger partial charge in [0.25, 0.3) is 0 Å². The van der Waals surface area contributed by atoms with Gasteiger partial charge in [0.2, 0.25) is 0 Å². The second-order valence-electron chi connectivity index (χ2n) is 1.35. The molecule has 0 heterocycles. The summed E-state index contributed by atoms with van der Waals surface area (Å²) in [6.07, 6.45) is 4.08. The zero-order valence-corrected chi connectivity index (χ0v) is 5.12. The van der Waals surface area contributed by atoms with Gasteiger partial charge in [-0.15, -0.1) is 0 Å². The third-order valence-corrected chi connectivity index (χ3v) is 0.707. The van der Waals surface area contributed by atoms with Crippen molar-refractivity contribution in [2.75, 3.05) is 0 Å². The molecular formula is C5H12Li. The number of hydrogen-bond acceptors (Lipinski definition) is 0. The van der Waals surface area contributed by atoms with E-state index in [1.807, 2.05) is 0 Å². The Balaban J connectivity index is 0. The maximum atomic E-state index is 2.21. The fraction of sp³-hybridized carbons (Fsp3) is 1.00. The van der Waals surface area contributed by atoms with Crippen LogP contribution < -0.4 is 0 Å². The smallest absolute Gasteiger partial charge is 0 e. The predicted molar refractivity (Wildman–Crippen MR) is 31.0 cm³/mol. The zero-order chi connectivity index (χ0) is 4.12. The molecule has 33 valence electrons. The van der Waals surface area contributed by atoms with Crippen molar-refractivity contribution >= 4 is 18.9 Å². The minimum absolute atomic E-state index is 0. The summed E-state index contributed by atoms with van der Waals surface area (Å²) in [5.41, 5.74) is 0. The number of rotatable bonds is 2. The molecule has 0 aromatic carbocycles. The van der Waals surface area contributed by atoms with Gasteiger partial charge in [0.15, 0.2) is 0 Å². The Morgan fingerprint density at radius 3 is 1.33 bits per heavy atom. The van der Waals surface area contributed by atoms with E-state index >= 15 is 0 Å². The van der Waals surface area contributed by atoms with Gasteiger partial charge in [-0.2, -0.15) is 0 Å². The van der Waals surface area contributed by atoms with Crippen LogP contribution in [0.4, 0.5) is 0 Å². The quantitative estimate of drug-likeness (QED) is 0.443. The standard InChI is InChI=1S/C5H12.Li/c1-3-5-4-2;/h3-5H2,1-2H3;. The van der Waals surface area contributed by atoms with Gasteiger partial charge in [0.1, 0.15) is 0 Å². The van der Waals surface area contributed by atoms with Crippen molar-refractivity contribution in [3.05, 3.63) is 0 Å². The van der Waals surface area contributed by atoms with Crippen molar-refractivity contribution in [1.82, 2.24) is 0 Å². The van der Waals surface area contributed by atoms with Gasteiger partial charge in [-0.25, -0.2) is 0 Å². The summed E-state index contributed by atoms with van der Waals surface area (Å²) in [4.78, 5) is 0. The molecule has 1 heteroatoms. The summed E-state index contributed by atoms with van der Waals surface area (Å²) in [6.45, 7) is 4.42. The molecule has 0 bridgehead atoms. The Bertz CT molecular complexity index is 11.4. The van der Waals surface area contributed by atoms with Crippen LogP contribution in [0.1, 0.15) is 33.1 Å². The first-order chi connectivity index (χ1) is 2.41. The molecule has 0 saturated heterocycles. The van der Waals surface area contributed by atoms with Gasteiger partial charge in [-0.3, -0.25) is 0 Å². The number of unbranched alkanes of at least 4 members (excludes halogenated alkanes) is 2. The minimum Gasteiger partial charge on any atom is -0.0654 e. The molecule has 0 nitrogen and oxygen atoms in total. The van der Waals surface area contributed by atoms with E-state index in [4.69, 9.17) is 0 Å².